The Bertz CT molecular complexity index is 2540. The van der Waals surface area contributed by atoms with Crippen LogP contribution in [-0.2, 0) is 32.2 Å². The van der Waals surface area contributed by atoms with Crippen molar-refractivity contribution in [3.05, 3.63) is 153 Å². The second-order valence-electron chi connectivity index (χ2n) is 14.3. The Morgan fingerprint density at radius 2 is 0.448 bits per heavy atom. The lowest BCUT2D eigenvalue weighted by atomic mass is 9.64. The van der Waals surface area contributed by atoms with Crippen molar-refractivity contribution in [2.24, 2.45) is 5.73 Å². The number of nitrogens with two attached hydrogens (primary N) is 1. The molecule has 5 aromatic carbocycles. The second kappa shape index (κ2) is 24.7. The van der Waals surface area contributed by atoms with E-state index >= 15 is 0 Å². The lowest BCUT2D eigenvalue weighted by Crippen LogP contribution is -2.72. The van der Waals surface area contributed by atoms with E-state index in [9.17, 15) is 0 Å². The Morgan fingerprint density at radius 3 is 0.687 bits per heavy atom. The third-order valence-corrected chi connectivity index (χ3v) is 22.2. The molecule has 0 aliphatic rings. The first-order chi connectivity index (χ1) is 31.0. The van der Waals surface area contributed by atoms with Gasteiger partial charge < -0.3 is 16.4 Å². The van der Waals surface area contributed by atoms with Gasteiger partial charge in [-0.3, -0.25) is 0 Å². The first-order valence-corrected chi connectivity index (χ1v) is 27.2. The Kier molecular flexibility index (Phi) is 22.5. The maximum atomic E-state index is 8.01. The zero-order valence-corrected chi connectivity index (χ0v) is 50.9. The van der Waals surface area contributed by atoms with Gasteiger partial charge in [0.15, 0.2) is 0 Å². The normalized spacial score (nSPS) is 12.3. The molecule has 67 heavy (non-hydrogen) atoms. The minimum Gasteiger partial charge on any atom is -0.323 e. The zero-order chi connectivity index (χ0) is 50.7. The summed E-state index contributed by atoms with van der Waals surface area (Å²) in [5.41, 5.74) is 4.85. The van der Waals surface area contributed by atoms with Crippen LogP contribution in [0.15, 0.2) is 0 Å². The zero-order valence-electron chi connectivity index (χ0n) is 32.0. The maximum Gasteiger partial charge on any atom is 0.0809 e. The van der Waals surface area contributed by atoms with Gasteiger partial charge in [-0.1, -0.05) is 290 Å². The summed E-state index contributed by atoms with van der Waals surface area (Å²) in [6.45, 7) is 0.0532. The van der Waals surface area contributed by atoms with Crippen molar-refractivity contribution in [3.8, 4) is 0 Å². The first kappa shape index (κ1) is 61.1. The van der Waals surface area contributed by atoms with Crippen molar-refractivity contribution >= 4 is 290 Å². The molecule has 364 valence electrons. The molecular weight excluding hydrogens is 1400 g/mol. The molecule has 0 saturated carbocycles. The lowest BCUT2D eigenvalue weighted by Gasteiger charge is -2.51. The predicted molar refractivity (Wildman–Crippen MR) is 302 cm³/mol. The van der Waals surface area contributed by atoms with Gasteiger partial charge >= 0.3 is 0 Å². The summed E-state index contributed by atoms with van der Waals surface area (Å²) >= 11 is 168. The molecule has 0 radical (unpaired) electrons. The van der Waals surface area contributed by atoms with E-state index in [0.717, 1.165) is 0 Å². The molecule has 0 unspecified atom stereocenters. The van der Waals surface area contributed by atoms with E-state index in [2.05, 4.69) is 10.6 Å². The fourth-order valence-electron chi connectivity index (χ4n) is 6.98. The van der Waals surface area contributed by atoms with Crippen LogP contribution >= 0.6 is 290 Å². The molecule has 28 heteroatoms. The molecular formula is C39H18Cl25N3. The van der Waals surface area contributed by atoms with Crippen LogP contribution in [0.1, 0.15) is 27.8 Å². The number of benzene rings is 5. The highest BCUT2D eigenvalue weighted by molar-refractivity contribution is 6.59. The van der Waals surface area contributed by atoms with Crippen molar-refractivity contribution < 1.29 is 0 Å². The van der Waals surface area contributed by atoms with Gasteiger partial charge in [0.25, 0.3) is 0 Å². The number of halogens is 25. The topological polar surface area (TPSA) is 50.1 Å². The molecule has 3 nitrogen and oxygen atoms in total. The van der Waals surface area contributed by atoms with Crippen molar-refractivity contribution in [2.45, 2.75) is 43.3 Å². The molecule has 5 rings (SSSR count). The van der Waals surface area contributed by atoms with Crippen molar-refractivity contribution in [1.82, 2.24) is 10.6 Å². The van der Waals surface area contributed by atoms with Crippen LogP contribution < -0.4 is 16.4 Å². The summed E-state index contributed by atoms with van der Waals surface area (Å²) in [5.74, 6) is 0. The fourth-order valence-corrected chi connectivity index (χ4v) is 13.5. The van der Waals surface area contributed by atoms with E-state index in [0.29, 0.717) is 5.56 Å². The summed E-state index contributed by atoms with van der Waals surface area (Å²) in [6.07, 6.45) is -1.55. The maximum absolute atomic E-state index is 8.01. The molecule has 0 fully saturated rings. The van der Waals surface area contributed by atoms with Gasteiger partial charge in [0.1, 0.15) is 0 Å². The largest absolute Gasteiger partial charge is 0.323 e. The summed E-state index contributed by atoms with van der Waals surface area (Å²) in [5, 5.41) is 3.77. The quantitative estimate of drug-likeness (QED) is 0.0556. The molecule has 4 N–H and O–H groups in total. The third-order valence-electron chi connectivity index (χ3n) is 10.5. The van der Waals surface area contributed by atoms with Gasteiger partial charge in [-0.05, 0) is 47.9 Å². The van der Waals surface area contributed by atoms with Crippen LogP contribution in [0.3, 0.4) is 0 Å². The fraction of sp³-hybridized carbons (Fsp3) is 0.231. The monoisotopic (exact) mass is 1400 g/mol. The average Bonchev–Trinajstić information content (AvgIpc) is 3.31. The van der Waals surface area contributed by atoms with Gasteiger partial charge in [0.05, 0.1) is 126 Å². The summed E-state index contributed by atoms with van der Waals surface area (Å²) in [7, 11) is 0. The molecule has 0 aliphatic heterocycles. The Balaban J connectivity index is 1.91. The smallest absolute Gasteiger partial charge is 0.0809 e. The average molecular weight is 1410 g/mol. The molecule has 0 heterocycles. The van der Waals surface area contributed by atoms with E-state index in [1.54, 1.807) is 0 Å². The SMILES string of the molecule is NC(Cc1c(Cl)c(Cl)c(Cl)c(Cl)c1Cl)(Cc1c(Cl)c(Cl)c(Cl)c(Cl)c1Cl)C(Cc1c(Cl)c(Cl)c(Cl)c(Cl)c1Cl)(Cc1c(Cl)c(Cl)c(Cl)c(Cl)c1Cl)NCCNCc1c(Cl)c(Cl)c(Cl)c(Cl)c1Cl. The predicted octanol–water partition coefficient (Wildman–Crippen LogP) is 23.1. The number of hydrogen-bond donors (Lipinski definition) is 3. The summed E-state index contributed by atoms with van der Waals surface area (Å²) in [4.78, 5) is 0. The van der Waals surface area contributed by atoms with Crippen LogP contribution in [0.25, 0.3) is 0 Å². The highest BCUT2D eigenvalue weighted by Crippen LogP contribution is 2.54. The van der Waals surface area contributed by atoms with Crippen molar-refractivity contribution in [3.63, 3.8) is 0 Å². The van der Waals surface area contributed by atoms with Gasteiger partial charge in [-0.2, -0.15) is 0 Å². The molecule has 0 saturated heterocycles. The van der Waals surface area contributed by atoms with Gasteiger partial charge in [0, 0.05) is 36.3 Å². The Morgan fingerprint density at radius 1 is 0.254 bits per heavy atom. The van der Waals surface area contributed by atoms with Crippen LogP contribution in [0.2, 0.25) is 126 Å². The highest BCUT2D eigenvalue weighted by Gasteiger charge is 2.52. The molecule has 0 aromatic heterocycles. The minimum atomic E-state index is -1.98. The highest BCUT2D eigenvalue weighted by atomic mass is 35.5. The standard InChI is InChI=1S/C39H18Cl25N3/c40-13-8(14(41)24(51)33(60)23(13)50)3-38(65,4-9-15(42)25(52)34(61)26(53)16(9)43)39(5-10-17(44)27(54)35(62)28(55)18(10)45,6-11-19(46)29(56)36(63)30(57)20(11)47)67-2-1-66-7-12-21(48)31(58)37(64)32(59)22(12)49/h66-67H,1-7,65H2. The number of nitrogens with one attached hydrogen (secondary N) is 2. The van der Waals surface area contributed by atoms with E-state index in [1.165, 1.54) is 0 Å². The molecule has 0 aliphatic carbocycles. The van der Waals surface area contributed by atoms with Gasteiger partial charge in [-0.15, -0.1) is 0 Å². The molecule has 0 bridgehead atoms. The van der Waals surface area contributed by atoms with Crippen molar-refractivity contribution in [1.29, 1.82) is 0 Å². The van der Waals surface area contributed by atoms with Crippen molar-refractivity contribution in [2.75, 3.05) is 13.1 Å². The Hall–Kier alpha value is 3.23. The Labute approximate surface area is 509 Å². The molecule has 0 atom stereocenters. The third kappa shape index (κ3) is 12.0. The number of rotatable bonds is 15. The van der Waals surface area contributed by atoms with Gasteiger partial charge in [-0.25, -0.2) is 0 Å². The summed E-state index contributed by atoms with van der Waals surface area (Å²) in [6, 6.07) is 0. The van der Waals surface area contributed by atoms with E-state index < -0.39 is 23.9 Å². The van der Waals surface area contributed by atoms with Crippen LogP contribution in [0, 0.1) is 0 Å². The number of hydrogen-bond acceptors (Lipinski definition) is 3. The van der Waals surface area contributed by atoms with Gasteiger partial charge in [0.2, 0.25) is 0 Å². The molecule has 0 amide bonds. The lowest BCUT2D eigenvalue weighted by molar-refractivity contribution is 0.159. The first-order valence-electron chi connectivity index (χ1n) is 17.8. The van der Waals surface area contributed by atoms with E-state index in [4.69, 9.17) is 296 Å². The molecule has 0 spiro atoms. The van der Waals surface area contributed by atoms with E-state index in [-0.39, 0.29) is 180 Å². The van der Waals surface area contributed by atoms with Crippen LogP contribution in [0.5, 0.6) is 0 Å². The van der Waals surface area contributed by atoms with Crippen LogP contribution in [-0.4, -0.2) is 24.2 Å². The van der Waals surface area contributed by atoms with Crippen LogP contribution in [0.4, 0.5) is 0 Å². The molecule has 5 aromatic rings. The second-order valence-corrected chi connectivity index (χ2v) is 23.7. The minimum absolute atomic E-state index is 0.0107. The van der Waals surface area contributed by atoms with E-state index in [1.807, 2.05) is 0 Å². The summed E-state index contributed by atoms with van der Waals surface area (Å²) < 4.78 is 0.